The molecule has 2 rings (SSSR count). The molecule has 5 nitrogen and oxygen atoms in total. The number of carbonyl (C=O) groups excluding carboxylic acids is 1. The summed E-state index contributed by atoms with van der Waals surface area (Å²) in [6.07, 6.45) is 6.87. The fourth-order valence-electron chi connectivity index (χ4n) is 2.39. The number of aryl methyl sites for hydroxylation is 1. The largest absolute Gasteiger partial charge is 0.438 e. The van der Waals surface area contributed by atoms with Gasteiger partial charge in [0, 0.05) is 0 Å². The predicted molar refractivity (Wildman–Crippen MR) is 64.8 cm³/mol. The average molecular weight is 247 g/mol. The molecule has 1 aromatic rings. The lowest BCUT2D eigenvalue weighted by Crippen LogP contribution is -2.47. The second-order valence-corrected chi connectivity index (χ2v) is 4.83. The number of nitrogens with zero attached hydrogens (tertiary/aromatic N) is 2. The Bertz CT molecular complexity index is 465. The molecule has 0 aliphatic heterocycles. The highest BCUT2D eigenvalue weighted by atomic mass is 16.3. The maximum atomic E-state index is 12.1. The van der Waals surface area contributed by atoms with E-state index in [0.717, 1.165) is 25.7 Å². The van der Waals surface area contributed by atoms with Crippen LogP contribution in [0.3, 0.4) is 0 Å². The summed E-state index contributed by atoms with van der Waals surface area (Å²) < 4.78 is 5.06. The quantitative estimate of drug-likeness (QED) is 0.813. The van der Waals surface area contributed by atoms with Crippen LogP contribution in [-0.4, -0.2) is 16.4 Å². The minimum absolute atomic E-state index is 0.203. The smallest absolute Gasteiger partial charge is 0.290 e. The van der Waals surface area contributed by atoms with Crippen molar-refractivity contribution in [3.8, 4) is 6.07 Å². The Balaban J connectivity index is 2.13. The van der Waals surface area contributed by atoms with Crippen LogP contribution in [0.5, 0.6) is 0 Å². The van der Waals surface area contributed by atoms with Crippen molar-refractivity contribution in [2.75, 3.05) is 0 Å². The topological polar surface area (TPSA) is 78.9 Å². The van der Waals surface area contributed by atoms with Crippen LogP contribution in [0.1, 0.15) is 54.8 Å². The van der Waals surface area contributed by atoms with Gasteiger partial charge < -0.3 is 9.73 Å². The van der Waals surface area contributed by atoms with Gasteiger partial charge in [-0.05, 0) is 19.8 Å². The number of aromatic nitrogens is 1. The van der Waals surface area contributed by atoms with Crippen LogP contribution in [-0.2, 0) is 0 Å². The SMILES string of the molecule is Cc1ncoc1C(=O)NC1(C#N)CCCCCC1. The molecule has 0 bridgehead atoms. The monoisotopic (exact) mass is 247 g/mol. The van der Waals surface area contributed by atoms with Crippen LogP contribution in [0.15, 0.2) is 10.8 Å². The number of carbonyl (C=O) groups is 1. The summed E-state index contributed by atoms with van der Waals surface area (Å²) in [5.74, 6) is -0.137. The number of nitriles is 1. The molecule has 1 saturated carbocycles. The van der Waals surface area contributed by atoms with Gasteiger partial charge in [-0.15, -0.1) is 0 Å². The lowest BCUT2D eigenvalue weighted by Gasteiger charge is -2.25. The van der Waals surface area contributed by atoms with Crippen LogP contribution < -0.4 is 5.32 Å². The summed E-state index contributed by atoms with van der Waals surface area (Å²) in [6, 6.07) is 2.28. The van der Waals surface area contributed by atoms with Gasteiger partial charge in [0.15, 0.2) is 6.39 Å². The lowest BCUT2D eigenvalue weighted by atomic mass is 9.91. The minimum atomic E-state index is -0.743. The summed E-state index contributed by atoms with van der Waals surface area (Å²) in [6.45, 7) is 1.71. The number of nitrogens with one attached hydrogen (secondary N) is 1. The van der Waals surface area contributed by atoms with E-state index in [1.807, 2.05) is 0 Å². The minimum Gasteiger partial charge on any atom is -0.438 e. The van der Waals surface area contributed by atoms with Crippen LogP contribution in [0.25, 0.3) is 0 Å². The first-order valence-electron chi connectivity index (χ1n) is 6.31. The van der Waals surface area contributed by atoms with Crippen molar-refractivity contribution in [2.45, 2.75) is 51.0 Å². The van der Waals surface area contributed by atoms with Crippen LogP contribution in [0.4, 0.5) is 0 Å². The normalized spacial score (nSPS) is 18.7. The van der Waals surface area contributed by atoms with Gasteiger partial charge in [-0.1, -0.05) is 25.7 Å². The van der Waals surface area contributed by atoms with E-state index < -0.39 is 5.54 Å². The Labute approximate surface area is 106 Å². The Morgan fingerprint density at radius 1 is 1.44 bits per heavy atom. The molecule has 1 heterocycles. The summed E-state index contributed by atoms with van der Waals surface area (Å²) in [5.41, 5.74) is -0.193. The van der Waals surface area contributed by atoms with E-state index >= 15 is 0 Å². The second kappa shape index (κ2) is 5.21. The molecule has 0 unspecified atom stereocenters. The summed E-state index contributed by atoms with van der Waals surface area (Å²) >= 11 is 0. The number of oxazole rings is 1. The Morgan fingerprint density at radius 3 is 2.61 bits per heavy atom. The highest BCUT2D eigenvalue weighted by Crippen LogP contribution is 2.27. The van der Waals surface area contributed by atoms with Crippen molar-refractivity contribution in [3.63, 3.8) is 0 Å². The van der Waals surface area contributed by atoms with Crippen molar-refractivity contribution in [1.82, 2.24) is 10.3 Å². The van der Waals surface area contributed by atoms with Gasteiger partial charge in [-0.3, -0.25) is 4.79 Å². The van der Waals surface area contributed by atoms with E-state index in [1.165, 1.54) is 6.39 Å². The van der Waals surface area contributed by atoms with Gasteiger partial charge in [0.05, 0.1) is 11.8 Å². The second-order valence-electron chi connectivity index (χ2n) is 4.83. The van der Waals surface area contributed by atoms with E-state index in [1.54, 1.807) is 6.92 Å². The molecule has 0 radical (unpaired) electrons. The molecule has 1 fully saturated rings. The first-order chi connectivity index (χ1) is 8.67. The van der Waals surface area contributed by atoms with Crippen molar-refractivity contribution >= 4 is 5.91 Å². The molecule has 1 N–H and O–H groups in total. The number of hydrogen-bond donors (Lipinski definition) is 1. The Morgan fingerprint density at radius 2 is 2.11 bits per heavy atom. The van der Waals surface area contributed by atoms with Gasteiger partial charge >= 0.3 is 0 Å². The fraction of sp³-hybridized carbons (Fsp3) is 0.615. The summed E-state index contributed by atoms with van der Waals surface area (Å²) in [7, 11) is 0. The molecular formula is C13H17N3O2. The van der Waals surface area contributed by atoms with Gasteiger partial charge in [0.2, 0.25) is 5.76 Å². The zero-order chi connectivity index (χ0) is 13.0. The molecule has 0 spiro atoms. The first-order valence-corrected chi connectivity index (χ1v) is 6.31. The van der Waals surface area contributed by atoms with Crippen LogP contribution >= 0.6 is 0 Å². The van der Waals surface area contributed by atoms with Crippen molar-refractivity contribution in [2.24, 2.45) is 0 Å². The lowest BCUT2D eigenvalue weighted by molar-refractivity contribution is 0.0883. The average Bonchev–Trinajstić information content (AvgIpc) is 2.66. The zero-order valence-corrected chi connectivity index (χ0v) is 10.5. The molecule has 1 aliphatic rings. The van der Waals surface area contributed by atoms with E-state index in [9.17, 15) is 10.1 Å². The summed E-state index contributed by atoms with van der Waals surface area (Å²) in [5, 5.41) is 12.2. The van der Waals surface area contributed by atoms with Gasteiger partial charge in [-0.25, -0.2) is 4.98 Å². The molecule has 1 aromatic heterocycles. The zero-order valence-electron chi connectivity index (χ0n) is 10.5. The molecule has 5 heteroatoms. The maximum Gasteiger partial charge on any atom is 0.290 e. The van der Waals surface area contributed by atoms with Gasteiger partial charge in [0.1, 0.15) is 5.54 Å². The van der Waals surface area contributed by atoms with Crippen LogP contribution in [0, 0.1) is 18.3 Å². The number of amides is 1. The number of hydrogen-bond acceptors (Lipinski definition) is 4. The molecule has 0 saturated heterocycles. The van der Waals surface area contributed by atoms with Crippen LogP contribution in [0.2, 0.25) is 0 Å². The molecule has 18 heavy (non-hydrogen) atoms. The Hall–Kier alpha value is -1.83. The van der Waals surface area contributed by atoms with Crippen molar-refractivity contribution in [1.29, 1.82) is 5.26 Å². The molecule has 96 valence electrons. The molecular weight excluding hydrogens is 230 g/mol. The van der Waals surface area contributed by atoms with E-state index in [0.29, 0.717) is 18.5 Å². The van der Waals surface area contributed by atoms with Gasteiger partial charge in [-0.2, -0.15) is 5.26 Å². The molecule has 1 amide bonds. The fourth-order valence-corrected chi connectivity index (χ4v) is 2.39. The predicted octanol–water partition coefficient (Wildman–Crippen LogP) is 2.33. The molecule has 0 atom stereocenters. The van der Waals surface area contributed by atoms with E-state index in [4.69, 9.17) is 4.42 Å². The van der Waals surface area contributed by atoms with Gasteiger partial charge in [0.25, 0.3) is 5.91 Å². The van der Waals surface area contributed by atoms with Crippen molar-refractivity contribution in [3.05, 3.63) is 17.8 Å². The van der Waals surface area contributed by atoms with E-state index in [2.05, 4.69) is 16.4 Å². The molecule has 1 aliphatic carbocycles. The highest BCUT2D eigenvalue weighted by Gasteiger charge is 2.34. The standard InChI is InChI=1S/C13H17N3O2/c1-10-11(18-9-15-10)12(17)16-13(8-14)6-4-2-3-5-7-13/h9H,2-7H2,1H3,(H,16,17). The first kappa shape index (κ1) is 12.6. The summed E-state index contributed by atoms with van der Waals surface area (Å²) in [4.78, 5) is 16.0. The third-order valence-electron chi connectivity index (χ3n) is 3.48. The molecule has 0 aromatic carbocycles. The highest BCUT2D eigenvalue weighted by molar-refractivity contribution is 5.93. The van der Waals surface area contributed by atoms with E-state index in [-0.39, 0.29) is 11.7 Å². The number of rotatable bonds is 2. The Kier molecular flexibility index (Phi) is 3.66. The third-order valence-corrected chi connectivity index (χ3v) is 3.48. The third kappa shape index (κ3) is 2.53. The maximum absolute atomic E-state index is 12.1. The van der Waals surface area contributed by atoms with Crippen molar-refractivity contribution < 1.29 is 9.21 Å².